The Bertz CT molecular complexity index is 109. The summed E-state index contributed by atoms with van der Waals surface area (Å²) in [6, 6.07) is 0. The molecule has 1 nitrogen and oxygen atoms in total. The minimum absolute atomic E-state index is 0.583. The summed E-state index contributed by atoms with van der Waals surface area (Å²) < 4.78 is 11.1. The zero-order valence-corrected chi connectivity index (χ0v) is 9.64. The van der Waals surface area contributed by atoms with Gasteiger partial charge in [-0.05, 0) is 0 Å². The first-order valence-corrected chi connectivity index (χ1v) is 7.74. The number of halogens is 3. The molecule has 0 atom stereocenters. The number of alkyl halides is 2. The topological polar surface area (TPSA) is 17.1 Å². The Morgan fingerprint density at radius 3 is 1.78 bits per heavy atom. The van der Waals surface area contributed by atoms with Gasteiger partial charge in [0.2, 0.25) is 0 Å². The minimum atomic E-state index is -2.31. The van der Waals surface area contributed by atoms with E-state index in [0.717, 1.165) is 10.7 Å². The van der Waals surface area contributed by atoms with Crippen molar-refractivity contribution in [3.8, 4) is 0 Å². The molecule has 56 valence electrons. The Labute approximate surface area is 77.0 Å². The van der Waals surface area contributed by atoms with Crippen LogP contribution in [-0.4, -0.2) is 23.0 Å². The largest absolute Gasteiger partial charge is 0.307 e. The summed E-state index contributed by atoms with van der Waals surface area (Å²) in [4.78, 5) is 0. The van der Waals surface area contributed by atoms with Crippen molar-refractivity contribution in [2.45, 2.75) is 0 Å². The monoisotopic (exact) mass is 296 g/mol. The Morgan fingerprint density at radius 2 is 1.56 bits per heavy atom. The summed E-state index contributed by atoms with van der Waals surface area (Å²) in [7, 11) is 0. The zero-order valence-electron chi connectivity index (χ0n) is 4.82. The Hall–Kier alpha value is 1.48. The number of hydrogen-bond acceptors (Lipinski definition) is 1. The maximum atomic E-state index is 11.1. The maximum Gasteiger partial charge on any atom is 0.171 e. The molecule has 0 fully saturated rings. The normalized spacial score (nSPS) is 11.9. The van der Waals surface area contributed by atoms with Gasteiger partial charge in [0.25, 0.3) is 0 Å². The molecule has 0 aliphatic rings. The van der Waals surface area contributed by atoms with Crippen molar-refractivity contribution in [2.24, 2.45) is 0 Å². The molecule has 0 rings (SSSR count). The first-order valence-electron chi connectivity index (χ1n) is 2.52. The number of hydrogen-bond donors (Lipinski definition) is 0. The fraction of sp³-hybridized carbons (Fsp3) is 1.00. The van der Waals surface area contributed by atoms with E-state index in [2.05, 4.69) is 31.9 Å². The van der Waals surface area contributed by atoms with Crippen molar-refractivity contribution in [1.29, 1.82) is 0 Å². The van der Waals surface area contributed by atoms with Gasteiger partial charge in [-0.3, -0.25) is 0 Å². The highest BCUT2D eigenvalue weighted by Crippen LogP contribution is 2.50. The average Bonchev–Trinajstić information content (AvgIpc) is 1.64. The lowest BCUT2D eigenvalue weighted by atomic mass is 11.0. The van der Waals surface area contributed by atoms with Gasteiger partial charge in [0.05, 0.1) is 0 Å². The second kappa shape index (κ2) is 5.17. The molecular formula is C4H8Br2ClOP. The van der Waals surface area contributed by atoms with Crippen molar-refractivity contribution in [3.63, 3.8) is 0 Å². The second-order valence-electron chi connectivity index (χ2n) is 1.62. The third-order valence-corrected chi connectivity index (χ3v) is 5.65. The van der Waals surface area contributed by atoms with Gasteiger partial charge in [-0.2, -0.15) is 0 Å². The van der Waals surface area contributed by atoms with Crippen molar-refractivity contribution < 1.29 is 4.57 Å². The predicted octanol–water partition coefficient (Wildman–Crippen LogP) is 3.29. The first-order chi connectivity index (χ1) is 4.12. The maximum absolute atomic E-state index is 11.1. The van der Waals surface area contributed by atoms with Gasteiger partial charge in [-0.1, -0.05) is 43.1 Å². The zero-order chi connectivity index (χ0) is 7.33. The highest BCUT2D eigenvalue weighted by Gasteiger charge is 2.15. The molecular weight excluding hydrogens is 290 g/mol. The predicted molar refractivity (Wildman–Crippen MR) is 50.8 cm³/mol. The molecule has 0 aromatic carbocycles. The quantitative estimate of drug-likeness (QED) is 0.575. The van der Waals surface area contributed by atoms with E-state index >= 15 is 0 Å². The standard InChI is InChI=1S/C4H8Br2ClOP/c5-1-3-9(7,8)4-2-6/h1-4H2. The van der Waals surface area contributed by atoms with Gasteiger partial charge >= 0.3 is 0 Å². The highest BCUT2D eigenvalue weighted by molar-refractivity contribution is 9.09. The van der Waals surface area contributed by atoms with Crippen LogP contribution in [0.5, 0.6) is 0 Å². The van der Waals surface area contributed by atoms with Crippen LogP contribution in [0.4, 0.5) is 0 Å². The lowest BCUT2D eigenvalue weighted by Gasteiger charge is -2.04. The molecule has 0 aromatic heterocycles. The molecule has 0 saturated heterocycles. The van der Waals surface area contributed by atoms with Crippen LogP contribution in [0.3, 0.4) is 0 Å². The van der Waals surface area contributed by atoms with E-state index in [4.69, 9.17) is 11.2 Å². The molecule has 0 N–H and O–H groups in total. The smallest absolute Gasteiger partial charge is 0.171 e. The van der Waals surface area contributed by atoms with Gasteiger partial charge in [-0.15, -0.1) is 0 Å². The van der Waals surface area contributed by atoms with Crippen LogP contribution in [0.15, 0.2) is 0 Å². The molecule has 0 amide bonds. The lowest BCUT2D eigenvalue weighted by Crippen LogP contribution is -1.90. The van der Waals surface area contributed by atoms with Gasteiger partial charge in [0, 0.05) is 23.0 Å². The molecule has 5 heteroatoms. The van der Waals surface area contributed by atoms with Gasteiger partial charge in [0.1, 0.15) is 0 Å². The van der Waals surface area contributed by atoms with Crippen molar-refractivity contribution in [1.82, 2.24) is 0 Å². The second-order valence-corrected chi connectivity index (χ2v) is 7.52. The van der Waals surface area contributed by atoms with Crippen LogP contribution < -0.4 is 0 Å². The molecule has 0 heterocycles. The van der Waals surface area contributed by atoms with Crippen LogP contribution in [0.2, 0.25) is 0 Å². The van der Waals surface area contributed by atoms with Crippen molar-refractivity contribution >= 4 is 49.6 Å². The Morgan fingerprint density at radius 1 is 1.22 bits per heavy atom. The summed E-state index contributed by atoms with van der Waals surface area (Å²) in [5, 5.41) is 1.45. The molecule has 0 aliphatic heterocycles. The van der Waals surface area contributed by atoms with Crippen molar-refractivity contribution in [2.75, 3.05) is 23.0 Å². The lowest BCUT2D eigenvalue weighted by molar-refractivity contribution is 0.586. The van der Waals surface area contributed by atoms with Crippen LogP contribution >= 0.6 is 49.6 Å². The van der Waals surface area contributed by atoms with E-state index in [1.54, 1.807) is 0 Å². The molecule has 0 aliphatic carbocycles. The molecule has 9 heavy (non-hydrogen) atoms. The summed E-state index contributed by atoms with van der Waals surface area (Å²) >= 11 is 12.0. The van der Waals surface area contributed by atoms with E-state index in [-0.39, 0.29) is 0 Å². The summed E-state index contributed by atoms with van der Waals surface area (Å²) in [5.41, 5.74) is 0. The summed E-state index contributed by atoms with van der Waals surface area (Å²) in [6.45, 7) is -2.31. The molecule has 0 aromatic rings. The van der Waals surface area contributed by atoms with Gasteiger partial charge < -0.3 is 4.57 Å². The third-order valence-electron chi connectivity index (χ3n) is 0.837. The molecule has 0 saturated carbocycles. The van der Waals surface area contributed by atoms with Gasteiger partial charge in [0.15, 0.2) is 6.49 Å². The molecule has 0 unspecified atom stereocenters. The first kappa shape index (κ1) is 10.5. The number of rotatable bonds is 4. The van der Waals surface area contributed by atoms with E-state index in [1.165, 1.54) is 0 Å². The summed E-state index contributed by atoms with van der Waals surface area (Å²) in [5.74, 6) is 0. The van der Waals surface area contributed by atoms with Crippen LogP contribution in [0.25, 0.3) is 0 Å². The Kier molecular flexibility index (Phi) is 6.02. The van der Waals surface area contributed by atoms with Crippen molar-refractivity contribution in [3.05, 3.63) is 0 Å². The SMILES string of the molecule is O=P(Cl)(CCBr)CCBr. The highest BCUT2D eigenvalue weighted by atomic mass is 79.9. The van der Waals surface area contributed by atoms with E-state index in [1.807, 2.05) is 0 Å². The molecule has 0 spiro atoms. The van der Waals surface area contributed by atoms with E-state index < -0.39 is 6.49 Å². The van der Waals surface area contributed by atoms with E-state index in [9.17, 15) is 4.57 Å². The Balaban J connectivity index is 3.58. The van der Waals surface area contributed by atoms with Gasteiger partial charge in [-0.25, -0.2) is 0 Å². The molecule has 0 bridgehead atoms. The van der Waals surface area contributed by atoms with Crippen LogP contribution in [0.1, 0.15) is 0 Å². The fourth-order valence-corrected chi connectivity index (χ4v) is 6.26. The summed E-state index contributed by atoms with van der Waals surface area (Å²) in [6.07, 6.45) is 1.17. The molecule has 0 radical (unpaired) electrons. The van der Waals surface area contributed by atoms with E-state index in [0.29, 0.717) is 12.3 Å². The van der Waals surface area contributed by atoms with Crippen LogP contribution in [-0.2, 0) is 4.57 Å². The minimum Gasteiger partial charge on any atom is -0.307 e. The van der Waals surface area contributed by atoms with Crippen LogP contribution in [0, 0.1) is 0 Å². The third kappa shape index (κ3) is 5.90. The average molecular weight is 298 g/mol. The fourth-order valence-electron chi connectivity index (χ4n) is 0.364.